The fourth-order valence-corrected chi connectivity index (χ4v) is 2.58. The first kappa shape index (κ1) is 19.1. The van der Waals surface area contributed by atoms with Crippen LogP contribution in [0.15, 0.2) is 48.5 Å². The summed E-state index contributed by atoms with van der Waals surface area (Å²) in [6.45, 7) is 4.30. The number of hydrogen-bond donors (Lipinski definition) is 0. The maximum Gasteiger partial charge on any atom is 0.340 e. The molecule has 3 rings (SSSR count). The van der Waals surface area contributed by atoms with Crippen molar-refractivity contribution in [3.63, 3.8) is 0 Å². The predicted octanol–water partition coefficient (Wildman–Crippen LogP) is 3.99. The molecule has 5 nitrogen and oxygen atoms in total. The van der Waals surface area contributed by atoms with E-state index >= 15 is 0 Å². The van der Waals surface area contributed by atoms with Crippen LogP contribution in [0.4, 0.5) is 5.69 Å². The number of rotatable bonds is 7. The Bertz CT molecular complexity index is 794. The van der Waals surface area contributed by atoms with Gasteiger partial charge < -0.3 is 14.4 Å². The molecule has 0 N–H and O–H groups in total. The lowest BCUT2D eigenvalue weighted by Crippen LogP contribution is -2.27. The van der Waals surface area contributed by atoms with Crippen molar-refractivity contribution >= 4 is 17.6 Å². The summed E-state index contributed by atoms with van der Waals surface area (Å²) in [7, 11) is 1.72. The van der Waals surface area contributed by atoms with Gasteiger partial charge >= 0.3 is 5.97 Å². The molecule has 5 heteroatoms. The van der Waals surface area contributed by atoms with E-state index in [1.165, 1.54) is 12.8 Å². The summed E-state index contributed by atoms with van der Waals surface area (Å²) < 4.78 is 10.9. The monoisotopic (exact) mass is 367 g/mol. The number of aryl methyl sites for hydroxylation is 1. The van der Waals surface area contributed by atoms with Gasteiger partial charge in [-0.3, -0.25) is 4.79 Å². The molecule has 0 aromatic heterocycles. The number of amides is 1. The lowest BCUT2D eigenvalue weighted by Gasteiger charge is -2.18. The van der Waals surface area contributed by atoms with Gasteiger partial charge in [-0.25, -0.2) is 4.79 Å². The molecule has 0 saturated heterocycles. The van der Waals surface area contributed by atoms with Crippen molar-refractivity contribution in [3.05, 3.63) is 59.7 Å². The van der Waals surface area contributed by atoms with Gasteiger partial charge in [0.25, 0.3) is 5.91 Å². The van der Waals surface area contributed by atoms with Crippen molar-refractivity contribution in [2.24, 2.45) is 5.92 Å². The van der Waals surface area contributed by atoms with Gasteiger partial charge in [0.2, 0.25) is 0 Å². The van der Waals surface area contributed by atoms with Gasteiger partial charge in [-0.1, -0.05) is 17.7 Å². The average molecular weight is 367 g/mol. The Hall–Kier alpha value is -2.66. The van der Waals surface area contributed by atoms with Gasteiger partial charge in [-0.15, -0.1) is 0 Å². The molecule has 1 fully saturated rings. The highest BCUT2D eigenvalue weighted by Gasteiger charge is 2.24. The lowest BCUT2D eigenvalue weighted by molar-refractivity contribution is -0.146. The van der Waals surface area contributed by atoms with Crippen LogP contribution in [0.3, 0.4) is 0 Å². The molecular formula is C22H25NO4. The minimum absolute atomic E-state index is 0.0955. The van der Waals surface area contributed by atoms with Gasteiger partial charge in [-0.05, 0) is 69.0 Å². The smallest absolute Gasteiger partial charge is 0.340 e. The highest BCUT2D eigenvalue weighted by molar-refractivity contribution is 6.05. The molecule has 1 saturated carbocycles. The Morgan fingerprint density at radius 2 is 1.70 bits per heavy atom. The number of esters is 1. The third-order valence-corrected chi connectivity index (χ3v) is 4.66. The quantitative estimate of drug-likeness (QED) is 0.548. The lowest BCUT2D eigenvalue weighted by atomic mass is 10.1. The second-order valence-electron chi connectivity index (χ2n) is 7.06. The van der Waals surface area contributed by atoms with E-state index in [9.17, 15) is 9.59 Å². The molecule has 0 heterocycles. The average Bonchev–Trinajstić information content (AvgIpc) is 3.50. The van der Waals surface area contributed by atoms with Gasteiger partial charge in [0, 0.05) is 18.3 Å². The molecule has 1 amide bonds. The van der Waals surface area contributed by atoms with Crippen LogP contribution in [-0.4, -0.2) is 31.6 Å². The topological polar surface area (TPSA) is 55.8 Å². The van der Waals surface area contributed by atoms with Crippen LogP contribution in [0.5, 0.6) is 5.75 Å². The van der Waals surface area contributed by atoms with Crippen molar-refractivity contribution in [2.75, 3.05) is 18.6 Å². The van der Waals surface area contributed by atoms with Gasteiger partial charge in [0.1, 0.15) is 5.75 Å². The summed E-state index contributed by atoms with van der Waals surface area (Å²) in [5, 5.41) is 0. The number of carbonyl (C=O) groups is 2. The van der Waals surface area contributed by atoms with E-state index in [-0.39, 0.29) is 5.91 Å². The highest BCUT2D eigenvalue weighted by Crippen LogP contribution is 2.29. The number of carbonyl (C=O) groups excluding carboxylic acids is 2. The van der Waals surface area contributed by atoms with Crippen LogP contribution in [0.2, 0.25) is 0 Å². The Morgan fingerprint density at radius 3 is 2.30 bits per heavy atom. The molecular weight excluding hydrogens is 342 g/mol. The Morgan fingerprint density at radius 1 is 1.07 bits per heavy atom. The summed E-state index contributed by atoms with van der Waals surface area (Å²) in [6.07, 6.45) is 1.77. The second kappa shape index (κ2) is 8.35. The SMILES string of the molecule is Cc1ccc(C(=O)N(C)c2ccc(OC(=O)C(C)OCC3CC3)cc2)cc1. The zero-order chi connectivity index (χ0) is 19.4. The van der Waals surface area contributed by atoms with Gasteiger partial charge in [0.15, 0.2) is 6.10 Å². The molecule has 0 spiro atoms. The maximum atomic E-state index is 12.6. The summed E-state index contributed by atoms with van der Waals surface area (Å²) in [6, 6.07) is 14.3. The number of hydrogen-bond acceptors (Lipinski definition) is 4. The molecule has 1 aliphatic rings. The third-order valence-electron chi connectivity index (χ3n) is 4.66. The van der Waals surface area contributed by atoms with Gasteiger partial charge in [-0.2, -0.15) is 0 Å². The van der Waals surface area contributed by atoms with E-state index in [0.717, 1.165) is 11.3 Å². The molecule has 0 aliphatic heterocycles. The van der Waals surface area contributed by atoms with Crippen LogP contribution >= 0.6 is 0 Å². The normalized spacial score (nSPS) is 14.5. The number of benzene rings is 2. The molecule has 0 bridgehead atoms. The first-order valence-corrected chi connectivity index (χ1v) is 9.22. The minimum Gasteiger partial charge on any atom is -0.425 e. The first-order chi connectivity index (χ1) is 12.9. The highest BCUT2D eigenvalue weighted by atomic mass is 16.6. The fourth-order valence-electron chi connectivity index (χ4n) is 2.58. The minimum atomic E-state index is -0.587. The van der Waals surface area contributed by atoms with Crippen molar-refractivity contribution < 1.29 is 19.1 Å². The zero-order valence-corrected chi connectivity index (χ0v) is 16.0. The molecule has 1 atom stereocenters. The van der Waals surface area contributed by atoms with Crippen LogP contribution in [-0.2, 0) is 9.53 Å². The predicted molar refractivity (Wildman–Crippen MR) is 104 cm³/mol. The van der Waals surface area contributed by atoms with E-state index in [2.05, 4.69) is 0 Å². The third kappa shape index (κ3) is 5.17. The van der Waals surface area contributed by atoms with Crippen molar-refractivity contribution in [2.45, 2.75) is 32.8 Å². The number of ether oxygens (including phenoxy) is 2. The maximum absolute atomic E-state index is 12.6. The van der Waals surface area contributed by atoms with E-state index in [0.29, 0.717) is 23.8 Å². The molecule has 2 aromatic rings. The fraction of sp³-hybridized carbons (Fsp3) is 0.364. The molecule has 2 aromatic carbocycles. The molecule has 1 aliphatic carbocycles. The van der Waals surface area contributed by atoms with Crippen LogP contribution in [0.25, 0.3) is 0 Å². The van der Waals surface area contributed by atoms with E-state index in [4.69, 9.17) is 9.47 Å². The van der Waals surface area contributed by atoms with E-state index in [1.807, 2.05) is 31.2 Å². The second-order valence-corrected chi connectivity index (χ2v) is 7.06. The van der Waals surface area contributed by atoms with E-state index in [1.54, 1.807) is 43.1 Å². The largest absolute Gasteiger partial charge is 0.425 e. The molecule has 0 radical (unpaired) electrons. The van der Waals surface area contributed by atoms with Crippen molar-refractivity contribution in [1.29, 1.82) is 0 Å². The summed E-state index contributed by atoms with van der Waals surface area (Å²) in [5.74, 6) is 0.525. The number of nitrogens with zero attached hydrogens (tertiary/aromatic N) is 1. The van der Waals surface area contributed by atoms with E-state index < -0.39 is 12.1 Å². The van der Waals surface area contributed by atoms with Crippen LogP contribution in [0.1, 0.15) is 35.7 Å². The summed E-state index contributed by atoms with van der Waals surface area (Å²) in [5.41, 5.74) is 2.45. The zero-order valence-electron chi connectivity index (χ0n) is 16.0. The molecule has 27 heavy (non-hydrogen) atoms. The van der Waals surface area contributed by atoms with Crippen LogP contribution in [0, 0.1) is 12.8 Å². The first-order valence-electron chi connectivity index (χ1n) is 9.22. The van der Waals surface area contributed by atoms with Crippen LogP contribution < -0.4 is 9.64 Å². The van der Waals surface area contributed by atoms with Gasteiger partial charge in [0.05, 0.1) is 6.61 Å². The molecule has 1 unspecified atom stereocenters. The molecule has 142 valence electrons. The summed E-state index contributed by atoms with van der Waals surface area (Å²) >= 11 is 0. The standard InChI is InChI=1S/C22H25NO4/c1-15-4-8-18(9-5-15)21(24)23(3)19-10-12-20(13-11-19)27-22(25)16(2)26-14-17-6-7-17/h4-5,8-13,16-17H,6-7,14H2,1-3H3. The summed E-state index contributed by atoms with van der Waals surface area (Å²) in [4.78, 5) is 26.2. The number of anilines is 1. The Labute approximate surface area is 159 Å². The van der Waals surface area contributed by atoms with Crippen molar-refractivity contribution in [3.8, 4) is 5.75 Å². The Balaban J connectivity index is 1.57. The Kier molecular flexibility index (Phi) is 5.91. The van der Waals surface area contributed by atoms with Crippen molar-refractivity contribution in [1.82, 2.24) is 0 Å².